The number of fused-ring (bicyclic) bond motifs is 1. The first-order valence-corrected chi connectivity index (χ1v) is 8.52. The van der Waals surface area contributed by atoms with Gasteiger partial charge in [-0.25, -0.2) is 0 Å². The molecule has 0 spiro atoms. The first-order valence-electron chi connectivity index (χ1n) is 8.52. The molecule has 0 radical (unpaired) electrons. The number of nitrogens with one attached hydrogen (secondary N) is 1. The fourth-order valence-electron chi connectivity index (χ4n) is 3.08. The minimum atomic E-state index is 0.108. The van der Waals surface area contributed by atoms with Gasteiger partial charge >= 0.3 is 0 Å². The van der Waals surface area contributed by atoms with Crippen molar-refractivity contribution < 1.29 is 4.79 Å². The van der Waals surface area contributed by atoms with E-state index >= 15 is 0 Å². The molecule has 4 rings (SSSR count). The maximum Gasteiger partial charge on any atom is 0.249 e. The van der Waals surface area contributed by atoms with Gasteiger partial charge in [-0.15, -0.1) is 5.10 Å². The molecule has 1 amide bonds. The summed E-state index contributed by atoms with van der Waals surface area (Å²) in [4.78, 5) is 24.4. The molecule has 3 aromatic rings. The molecule has 0 atom stereocenters. The van der Waals surface area contributed by atoms with E-state index in [9.17, 15) is 4.79 Å². The van der Waals surface area contributed by atoms with Crippen LogP contribution in [0.5, 0.6) is 0 Å². The number of aromatic nitrogens is 4. The smallest absolute Gasteiger partial charge is 0.249 e. The van der Waals surface area contributed by atoms with Crippen molar-refractivity contribution in [2.75, 3.05) is 36.4 Å². The summed E-state index contributed by atoms with van der Waals surface area (Å²) >= 11 is 0. The minimum absolute atomic E-state index is 0.108. The van der Waals surface area contributed by atoms with E-state index in [0.29, 0.717) is 19.0 Å². The Morgan fingerprint density at radius 3 is 2.73 bits per heavy atom. The third kappa shape index (κ3) is 3.26. The Hall–Kier alpha value is -3.29. The molecule has 8 nitrogen and oxygen atoms in total. The second kappa shape index (κ2) is 6.91. The number of hydrogen-bond donors (Lipinski definition) is 1. The van der Waals surface area contributed by atoms with Crippen LogP contribution in [0.25, 0.3) is 10.9 Å². The van der Waals surface area contributed by atoms with E-state index in [1.165, 1.54) is 0 Å². The number of benzene rings is 1. The SMILES string of the molecule is CC(=O)N1CCN(c2cnnc(Nc3cccc4cccnc34)n2)CC1. The summed E-state index contributed by atoms with van der Waals surface area (Å²) < 4.78 is 0. The predicted molar refractivity (Wildman–Crippen MR) is 99.3 cm³/mol. The van der Waals surface area contributed by atoms with Crippen LogP contribution < -0.4 is 10.2 Å². The van der Waals surface area contributed by atoms with E-state index in [4.69, 9.17) is 0 Å². The number of nitrogens with zero attached hydrogens (tertiary/aromatic N) is 6. The summed E-state index contributed by atoms with van der Waals surface area (Å²) in [6.45, 7) is 4.44. The van der Waals surface area contributed by atoms with Crippen molar-refractivity contribution in [1.29, 1.82) is 0 Å². The second-order valence-corrected chi connectivity index (χ2v) is 6.14. The molecule has 0 saturated carbocycles. The van der Waals surface area contributed by atoms with Crippen molar-refractivity contribution in [3.63, 3.8) is 0 Å². The lowest BCUT2D eigenvalue weighted by Crippen LogP contribution is -2.48. The minimum Gasteiger partial charge on any atom is -0.352 e. The largest absolute Gasteiger partial charge is 0.352 e. The number of carbonyl (C=O) groups is 1. The fraction of sp³-hybridized carbons (Fsp3) is 0.278. The zero-order valence-corrected chi connectivity index (χ0v) is 14.5. The number of piperazine rings is 1. The molecule has 8 heteroatoms. The quantitative estimate of drug-likeness (QED) is 0.772. The van der Waals surface area contributed by atoms with Crippen LogP contribution in [0.2, 0.25) is 0 Å². The molecule has 26 heavy (non-hydrogen) atoms. The van der Waals surface area contributed by atoms with Crippen LogP contribution in [0.1, 0.15) is 6.92 Å². The summed E-state index contributed by atoms with van der Waals surface area (Å²) in [5, 5.41) is 12.4. The second-order valence-electron chi connectivity index (χ2n) is 6.14. The van der Waals surface area contributed by atoms with Crippen molar-refractivity contribution in [2.45, 2.75) is 6.92 Å². The van der Waals surface area contributed by atoms with Gasteiger partial charge in [-0.3, -0.25) is 9.78 Å². The van der Waals surface area contributed by atoms with Gasteiger partial charge in [0.1, 0.15) is 0 Å². The highest BCUT2D eigenvalue weighted by Crippen LogP contribution is 2.23. The van der Waals surface area contributed by atoms with E-state index in [2.05, 4.69) is 30.4 Å². The zero-order chi connectivity index (χ0) is 17.9. The average molecular weight is 349 g/mol. The van der Waals surface area contributed by atoms with Crippen molar-refractivity contribution in [1.82, 2.24) is 25.1 Å². The first kappa shape index (κ1) is 16.2. The highest BCUT2D eigenvalue weighted by molar-refractivity contribution is 5.91. The van der Waals surface area contributed by atoms with Gasteiger partial charge in [0, 0.05) is 44.7 Å². The Morgan fingerprint density at radius 2 is 1.92 bits per heavy atom. The van der Waals surface area contributed by atoms with Gasteiger partial charge in [0.25, 0.3) is 0 Å². The fourth-order valence-corrected chi connectivity index (χ4v) is 3.08. The number of anilines is 3. The predicted octanol–water partition coefficient (Wildman–Crippen LogP) is 1.83. The summed E-state index contributed by atoms with van der Waals surface area (Å²) in [6, 6.07) is 9.84. The average Bonchev–Trinajstić information content (AvgIpc) is 2.69. The molecule has 0 unspecified atom stereocenters. The lowest BCUT2D eigenvalue weighted by Gasteiger charge is -2.34. The van der Waals surface area contributed by atoms with Crippen molar-refractivity contribution in [2.24, 2.45) is 0 Å². The third-order valence-electron chi connectivity index (χ3n) is 4.47. The van der Waals surface area contributed by atoms with Crippen molar-refractivity contribution in [3.8, 4) is 0 Å². The Morgan fingerprint density at radius 1 is 1.12 bits per heavy atom. The molecule has 1 aliphatic heterocycles. The summed E-state index contributed by atoms with van der Waals surface area (Å²) in [7, 11) is 0. The topological polar surface area (TPSA) is 87.1 Å². The van der Waals surface area contributed by atoms with Crippen LogP contribution in [0, 0.1) is 0 Å². The van der Waals surface area contributed by atoms with Gasteiger partial charge in [0.05, 0.1) is 17.4 Å². The Kier molecular flexibility index (Phi) is 4.30. The highest BCUT2D eigenvalue weighted by atomic mass is 16.2. The number of para-hydroxylation sites is 1. The number of pyridine rings is 1. The molecule has 2 aromatic heterocycles. The molecule has 0 bridgehead atoms. The molecule has 3 heterocycles. The molecule has 1 fully saturated rings. The van der Waals surface area contributed by atoms with E-state index in [1.807, 2.05) is 35.2 Å². The molecule has 1 N–H and O–H groups in total. The van der Waals surface area contributed by atoms with Crippen LogP contribution in [0.4, 0.5) is 17.5 Å². The van der Waals surface area contributed by atoms with E-state index in [0.717, 1.165) is 35.5 Å². The Labute approximate surface area is 150 Å². The molecular formula is C18H19N7O. The number of carbonyl (C=O) groups excluding carboxylic acids is 1. The molecular weight excluding hydrogens is 330 g/mol. The molecule has 1 aromatic carbocycles. The molecule has 0 aliphatic carbocycles. The van der Waals surface area contributed by atoms with Crippen molar-refractivity contribution in [3.05, 3.63) is 42.7 Å². The van der Waals surface area contributed by atoms with E-state index < -0.39 is 0 Å². The van der Waals surface area contributed by atoms with Crippen LogP contribution in [-0.4, -0.2) is 57.2 Å². The summed E-state index contributed by atoms with van der Waals surface area (Å²) in [5.74, 6) is 1.28. The molecule has 1 saturated heterocycles. The van der Waals surface area contributed by atoms with Crippen LogP contribution >= 0.6 is 0 Å². The molecule has 1 aliphatic rings. The number of rotatable bonds is 3. The van der Waals surface area contributed by atoms with E-state index in [-0.39, 0.29) is 5.91 Å². The maximum atomic E-state index is 11.5. The van der Waals surface area contributed by atoms with Crippen LogP contribution in [-0.2, 0) is 4.79 Å². The van der Waals surface area contributed by atoms with Gasteiger partial charge in [0.15, 0.2) is 5.82 Å². The van der Waals surface area contributed by atoms with Crippen molar-refractivity contribution >= 4 is 34.3 Å². The monoisotopic (exact) mass is 349 g/mol. The Bertz CT molecular complexity index is 932. The molecule has 132 valence electrons. The maximum absolute atomic E-state index is 11.5. The van der Waals surface area contributed by atoms with Gasteiger partial charge in [0.2, 0.25) is 11.9 Å². The summed E-state index contributed by atoms with van der Waals surface area (Å²) in [5.41, 5.74) is 1.70. The number of hydrogen-bond acceptors (Lipinski definition) is 7. The van der Waals surface area contributed by atoms with Gasteiger partial charge < -0.3 is 15.1 Å². The lowest BCUT2D eigenvalue weighted by atomic mass is 10.2. The highest BCUT2D eigenvalue weighted by Gasteiger charge is 2.20. The third-order valence-corrected chi connectivity index (χ3v) is 4.47. The van der Waals surface area contributed by atoms with E-state index in [1.54, 1.807) is 19.3 Å². The lowest BCUT2D eigenvalue weighted by molar-refractivity contribution is -0.129. The van der Waals surface area contributed by atoms with Gasteiger partial charge in [-0.1, -0.05) is 18.2 Å². The van der Waals surface area contributed by atoms with Gasteiger partial charge in [-0.05, 0) is 12.1 Å². The Balaban J connectivity index is 1.54. The summed E-state index contributed by atoms with van der Waals surface area (Å²) in [6.07, 6.45) is 3.41. The van der Waals surface area contributed by atoms with Gasteiger partial charge in [-0.2, -0.15) is 10.1 Å². The normalized spacial score (nSPS) is 14.5. The number of amides is 1. The first-order chi connectivity index (χ1) is 12.7. The van der Waals surface area contributed by atoms with Crippen LogP contribution in [0.15, 0.2) is 42.7 Å². The van der Waals surface area contributed by atoms with Crippen LogP contribution in [0.3, 0.4) is 0 Å². The standard InChI is InChI=1S/C18H19N7O/c1-13(26)24-8-10-25(11-9-24)16-12-20-23-18(22-16)21-15-6-2-4-14-5-3-7-19-17(14)15/h2-7,12H,8-11H2,1H3,(H,21,22,23). The zero-order valence-electron chi connectivity index (χ0n) is 14.5.